The first-order chi connectivity index (χ1) is 14.2. The molecule has 1 atom stereocenters. The maximum atomic E-state index is 13.1. The Hall–Kier alpha value is -2.99. The average Bonchev–Trinajstić information content (AvgIpc) is 3.25. The van der Waals surface area contributed by atoms with Crippen molar-refractivity contribution in [3.8, 4) is 0 Å². The van der Waals surface area contributed by atoms with E-state index in [-0.39, 0.29) is 11.8 Å². The normalized spacial score (nSPS) is 17.2. The van der Waals surface area contributed by atoms with E-state index >= 15 is 0 Å². The van der Waals surface area contributed by atoms with Gasteiger partial charge in [-0.1, -0.05) is 36.4 Å². The number of nitrogens with zero attached hydrogens (tertiary/aromatic N) is 4. The van der Waals surface area contributed by atoms with Gasteiger partial charge in [0.25, 0.3) is 5.91 Å². The second-order valence-corrected chi connectivity index (χ2v) is 7.78. The van der Waals surface area contributed by atoms with Crippen molar-refractivity contribution in [1.82, 2.24) is 25.0 Å². The third-order valence-corrected chi connectivity index (χ3v) is 5.55. The maximum absolute atomic E-state index is 13.1. The summed E-state index contributed by atoms with van der Waals surface area (Å²) in [5.41, 5.74) is 3.99. The van der Waals surface area contributed by atoms with Crippen molar-refractivity contribution in [2.24, 2.45) is 0 Å². The summed E-state index contributed by atoms with van der Waals surface area (Å²) >= 11 is 0. The van der Waals surface area contributed by atoms with Crippen molar-refractivity contribution in [2.45, 2.75) is 31.8 Å². The number of pyridine rings is 1. The first-order valence-electron chi connectivity index (χ1n) is 10.1. The molecule has 6 heteroatoms. The minimum absolute atomic E-state index is 0.0157. The molecule has 1 aromatic carbocycles. The topological polar surface area (TPSA) is 65.1 Å². The Labute approximate surface area is 171 Å². The van der Waals surface area contributed by atoms with E-state index in [2.05, 4.69) is 26.1 Å². The van der Waals surface area contributed by atoms with Gasteiger partial charge in [0.05, 0.1) is 17.5 Å². The molecule has 4 rings (SSSR count). The van der Waals surface area contributed by atoms with Crippen molar-refractivity contribution in [1.29, 1.82) is 0 Å². The molecule has 6 nitrogen and oxygen atoms in total. The van der Waals surface area contributed by atoms with Gasteiger partial charge in [0.15, 0.2) is 0 Å². The molecule has 1 amide bonds. The maximum Gasteiger partial charge on any atom is 0.257 e. The number of aromatic nitrogens is 3. The van der Waals surface area contributed by atoms with E-state index in [1.54, 1.807) is 17.3 Å². The molecule has 0 aliphatic carbocycles. The lowest BCUT2D eigenvalue weighted by Gasteiger charge is -2.32. The monoisotopic (exact) mass is 389 g/mol. The van der Waals surface area contributed by atoms with Crippen molar-refractivity contribution >= 4 is 5.91 Å². The van der Waals surface area contributed by atoms with E-state index < -0.39 is 0 Å². The standard InChI is InChI=1S/C23H27N5O/c1-27(15-18-7-3-2-4-8-18)23(29)21-14-25-26-22(21)20-10-6-12-28(17-20)16-19-9-5-11-24-13-19/h2-5,7-9,11,13-14,20H,6,10,12,15-17H2,1H3,(H,25,26)/t20-/m1/s1. The number of carbonyl (C=O) groups is 1. The second kappa shape index (κ2) is 9.01. The highest BCUT2D eigenvalue weighted by Gasteiger charge is 2.28. The molecule has 2 aromatic heterocycles. The number of piperidine rings is 1. The van der Waals surface area contributed by atoms with E-state index in [4.69, 9.17) is 0 Å². The van der Waals surface area contributed by atoms with Crippen LogP contribution in [0.15, 0.2) is 61.1 Å². The Morgan fingerprint density at radius 3 is 2.79 bits per heavy atom. The molecule has 1 N–H and O–H groups in total. The number of amides is 1. The van der Waals surface area contributed by atoms with E-state index in [9.17, 15) is 4.79 Å². The molecule has 1 aliphatic heterocycles. The Kier molecular flexibility index (Phi) is 6.00. The molecule has 3 aromatic rings. The summed E-state index contributed by atoms with van der Waals surface area (Å²) in [7, 11) is 1.85. The van der Waals surface area contributed by atoms with Crippen LogP contribution >= 0.6 is 0 Å². The molecule has 1 fully saturated rings. The highest BCUT2D eigenvalue weighted by molar-refractivity contribution is 5.95. The van der Waals surface area contributed by atoms with Crippen LogP contribution in [-0.2, 0) is 13.1 Å². The van der Waals surface area contributed by atoms with E-state index in [0.717, 1.165) is 43.7 Å². The molecule has 0 bridgehead atoms. The van der Waals surface area contributed by atoms with Gasteiger partial charge >= 0.3 is 0 Å². The number of carbonyl (C=O) groups excluding carboxylic acids is 1. The number of hydrogen-bond acceptors (Lipinski definition) is 4. The molecule has 3 heterocycles. The van der Waals surface area contributed by atoms with Crippen LogP contribution in [0.3, 0.4) is 0 Å². The van der Waals surface area contributed by atoms with Gasteiger partial charge < -0.3 is 4.90 Å². The van der Waals surface area contributed by atoms with Gasteiger partial charge in [0.1, 0.15) is 0 Å². The third kappa shape index (κ3) is 4.71. The highest BCUT2D eigenvalue weighted by atomic mass is 16.2. The van der Waals surface area contributed by atoms with E-state index in [1.807, 2.05) is 49.6 Å². The van der Waals surface area contributed by atoms with E-state index in [0.29, 0.717) is 12.1 Å². The lowest BCUT2D eigenvalue weighted by atomic mass is 9.92. The van der Waals surface area contributed by atoms with Crippen LogP contribution in [0.2, 0.25) is 0 Å². The lowest BCUT2D eigenvalue weighted by Crippen LogP contribution is -2.35. The molecule has 29 heavy (non-hydrogen) atoms. The van der Waals surface area contributed by atoms with Crippen molar-refractivity contribution in [2.75, 3.05) is 20.1 Å². The molecular formula is C23H27N5O. The van der Waals surface area contributed by atoms with Gasteiger partial charge in [-0.2, -0.15) is 5.10 Å². The summed E-state index contributed by atoms with van der Waals surface area (Å²) in [6.07, 6.45) is 7.58. The SMILES string of the molecule is CN(Cc1ccccc1)C(=O)c1cn[nH]c1[C@@H]1CCCN(Cc2cccnc2)C1. The quantitative estimate of drug-likeness (QED) is 0.701. The van der Waals surface area contributed by atoms with Gasteiger partial charge in [0.2, 0.25) is 0 Å². The summed E-state index contributed by atoms with van der Waals surface area (Å²) in [4.78, 5) is 21.5. The zero-order chi connectivity index (χ0) is 20.1. The van der Waals surface area contributed by atoms with Gasteiger partial charge in [-0.3, -0.25) is 19.8 Å². The predicted molar refractivity (Wildman–Crippen MR) is 112 cm³/mol. The third-order valence-electron chi connectivity index (χ3n) is 5.55. The Bertz CT molecular complexity index is 925. The fraction of sp³-hybridized carbons (Fsp3) is 0.348. The number of rotatable bonds is 6. The Morgan fingerprint density at radius 1 is 1.17 bits per heavy atom. The molecule has 0 unspecified atom stereocenters. The number of nitrogens with one attached hydrogen (secondary N) is 1. The van der Waals surface area contributed by atoms with E-state index in [1.165, 1.54) is 5.56 Å². The predicted octanol–water partition coefficient (Wildman–Crippen LogP) is 3.46. The first kappa shape index (κ1) is 19.3. The number of likely N-dealkylation sites (tertiary alicyclic amines) is 1. The summed E-state index contributed by atoms with van der Waals surface area (Å²) in [5.74, 6) is 0.300. The van der Waals surface area contributed by atoms with Crippen molar-refractivity contribution in [3.05, 3.63) is 83.4 Å². The molecule has 0 saturated carbocycles. The zero-order valence-corrected chi connectivity index (χ0v) is 16.8. The fourth-order valence-corrected chi connectivity index (χ4v) is 4.10. The van der Waals surface area contributed by atoms with Gasteiger partial charge in [0, 0.05) is 45.0 Å². The largest absolute Gasteiger partial charge is 0.337 e. The van der Waals surface area contributed by atoms with Crippen LogP contribution in [-0.4, -0.2) is 51.0 Å². The van der Waals surface area contributed by atoms with Gasteiger partial charge in [-0.05, 0) is 36.6 Å². The first-order valence-corrected chi connectivity index (χ1v) is 10.1. The molecule has 1 aliphatic rings. The van der Waals surface area contributed by atoms with Crippen molar-refractivity contribution < 1.29 is 4.79 Å². The molecular weight excluding hydrogens is 362 g/mol. The number of H-pyrrole nitrogens is 1. The second-order valence-electron chi connectivity index (χ2n) is 7.78. The number of aromatic amines is 1. The van der Waals surface area contributed by atoms with Crippen LogP contribution in [0.25, 0.3) is 0 Å². The highest BCUT2D eigenvalue weighted by Crippen LogP contribution is 2.29. The number of benzene rings is 1. The summed E-state index contributed by atoms with van der Waals surface area (Å²) < 4.78 is 0. The molecule has 150 valence electrons. The van der Waals surface area contributed by atoms with Crippen LogP contribution in [0.1, 0.15) is 45.9 Å². The number of hydrogen-bond donors (Lipinski definition) is 1. The van der Waals surface area contributed by atoms with Crippen LogP contribution in [0.4, 0.5) is 0 Å². The summed E-state index contributed by atoms with van der Waals surface area (Å²) in [5, 5.41) is 7.34. The molecule has 0 spiro atoms. The van der Waals surface area contributed by atoms with Gasteiger partial charge in [-0.15, -0.1) is 0 Å². The lowest BCUT2D eigenvalue weighted by molar-refractivity contribution is 0.0782. The smallest absolute Gasteiger partial charge is 0.257 e. The van der Waals surface area contributed by atoms with Crippen molar-refractivity contribution in [3.63, 3.8) is 0 Å². The Morgan fingerprint density at radius 2 is 2.00 bits per heavy atom. The summed E-state index contributed by atoms with van der Waals surface area (Å²) in [6.45, 7) is 3.45. The minimum Gasteiger partial charge on any atom is -0.337 e. The molecule has 1 saturated heterocycles. The molecule has 0 radical (unpaired) electrons. The minimum atomic E-state index is 0.0157. The average molecular weight is 390 g/mol. The van der Waals surface area contributed by atoms with Crippen LogP contribution in [0, 0.1) is 0 Å². The fourth-order valence-electron chi connectivity index (χ4n) is 4.10. The zero-order valence-electron chi connectivity index (χ0n) is 16.8. The Balaban J connectivity index is 1.44. The van der Waals surface area contributed by atoms with Gasteiger partial charge in [-0.25, -0.2) is 0 Å². The summed E-state index contributed by atoms with van der Waals surface area (Å²) in [6, 6.07) is 14.1. The van der Waals surface area contributed by atoms with Crippen LogP contribution in [0.5, 0.6) is 0 Å². The van der Waals surface area contributed by atoms with Crippen LogP contribution < -0.4 is 0 Å².